The van der Waals surface area contributed by atoms with E-state index in [9.17, 15) is 9.59 Å². The molecule has 1 aromatic carbocycles. The Kier molecular flexibility index (Phi) is 7.76. The van der Waals surface area contributed by atoms with Gasteiger partial charge in [0.1, 0.15) is 5.75 Å². The third-order valence-electron chi connectivity index (χ3n) is 4.55. The average molecular weight is 377 g/mol. The van der Waals surface area contributed by atoms with Gasteiger partial charge in [0.05, 0.1) is 6.61 Å². The average Bonchev–Trinajstić information content (AvgIpc) is 2.62. The smallest absolute Gasteiger partial charge is 0.409 e. The first-order chi connectivity index (χ1) is 12.9. The van der Waals surface area contributed by atoms with E-state index in [2.05, 4.69) is 24.5 Å². The van der Waals surface area contributed by atoms with Crippen molar-refractivity contribution in [2.75, 3.05) is 19.7 Å². The van der Waals surface area contributed by atoms with E-state index in [1.807, 2.05) is 24.3 Å². The van der Waals surface area contributed by atoms with E-state index in [-0.39, 0.29) is 18.2 Å². The Morgan fingerprint density at radius 3 is 2.33 bits per heavy atom. The Labute approximate surface area is 161 Å². The second-order valence-electron chi connectivity index (χ2n) is 7.06. The highest BCUT2D eigenvalue weighted by Crippen LogP contribution is 2.19. The molecule has 1 unspecified atom stereocenters. The molecule has 1 aromatic rings. The van der Waals surface area contributed by atoms with Gasteiger partial charge in [-0.15, -0.1) is 0 Å². The molecule has 7 heteroatoms. The molecule has 2 rings (SSSR count). The molecule has 27 heavy (non-hydrogen) atoms. The van der Waals surface area contributed by atoms with Crippen molar-refractivity contribution in [3.05, 3.63) is 29.8 Å². The number of nitrogens with one attached hydrogen (secondary N) is 2. The van der Waals surface area contributed by atoms with E-state index in [4.69, 9.17) is 9.47 Å². The van der Waals surface area contributed by atoms with Gasteiger partial charge in [-0.2, -0.15) is 0 Å². The van der Waals surface area contributed by atoms with E-state index < -0.39 is 6.23 Å². The van der Waals surface area contributed by atoms with Crippen LogP contribution < -0.4 is 15.4 Å². The summed E-state index contributed by atoms with van der Waals surface area (Å²) in [4.78, 5) is 25.5. The number of likely N-dealkylation sites (tertiary alicyclic amines) is 1. The predicted octanol–water partition coefficient (Wildman–Crippen LogP) is 3.45. The van der Waals surface area contributed by atoms with E-state index in [0.29, 0.717) is 38.5 Å². The van der Waals surface area contributed by atoms with E-state index in [1.54, 1.807) is 18.7 Å². The number of hydrogen-bond donors (Lipinski definition) is 2. The van der Waals surface area contributed by atoms with Gasteiger partial charge in [0.15, 0.2) is 6.23 Å². The molecule has 0 bridgehead atoms. The van der Waals surface area contributed by atoms with Gasteiger partial charge in [-0.25, -0.2) is 9.59 Å². The lowest BCUT2D eigenvalue weighted by molar-refractivity contribution is 0.0955. The van der Waals surface area contributed by atoms with Gasteiger partial charge in [0, 0.05) is 19.1 Å². The Morgan fingerprint density at radius 1 is 1.15 bits per heavy atom. The third-order valence-corrected chi connectivity index (χ3v) is 4.55. The molecule has 1 fully saturated rings. The highest BCUT2D eigenvalue weighted by atomic mass is 16.6. The molecule has 0 saturated carbocycles. The number of carbonyl (C=O) groups excluding carboxylic acids is 2. The molecule has 150 valence electrons. The van der Waals surface area contributed by atoms with Crippen LogP contribution in [0.25, 0.3) is 0 Å². The fourth-order valence-corrected chi connectivity index (χ4v) is 3.00. The normalized spacial score (nSPS) is 16.0. The Balaban J connectivity index is 1.71. The summed E-state index contributed by atoms with van der Waals surface area (Å²) in [6.07, 6.45) is 0.677. The molecular weight excluding hydrogens is 346 g/mol. The minimum absolute atomic E-state index is 0.0354. The molecule has 1 atom stereocenters. The van der Waals surface area contributed by atoms with Crippen LogP contribution in [0.3, 0.4) is 0 Å². The second kappa shape index (κ2) is 10.0. The van der Waals surface area contributed by atoms with Crippen molar-refractivity contribution in [2.45, 2.75) is 58.7 Å². The lowest BCUT2D eigenvalue weighted by atomic mass is 10.0. The number of benzene rings is 1. The number of rotatable bonds is 6. The van der Waals surface area contributed by atoms with Crippen LogP contribution in [0.2, 0.25) is 0 Å². The Bertz CT molecular complexity index is 610. The number of hydrogen-bond acceptors (Lipinski definition) is 4. The fraction of sp³-hybridized carbons (Fsp3) is 0.600. The zero-order chi connectivity index (χ0) is 19.8. The van der Waals surface area contributed by atoms with Crippen LogP contribution in [0.5, 0.6) is 5.75 Å². The van der Waals surface area contributed by atoms with Crippen molar-refractivity contribution in [2.24, 2.45) is 0 Å². The third kappa shape index (κ3) is 6.66. The Hall–Kier alpha value is -2.44. The quantitative estimate of drug-likeness (QED) is 0.744. The summed E-state index contributed by atoms with van der Waals surface area (Å²) in [5, 5.41) is 5.73. The van der Waals surface area contributed by atoms with E-state index in [0.717, 1.165) is 5.75 Å². The van der Waals surface area contributed by atoms with Crippen LogP contribution in [0.4, 0.5) is 9.59 Å². The van der Waals surface area contributed by atoms with Crippen molar-refractivity contribution < 1.29 is 19.1 Å². The zero-order valence-electron chi connectivity index (χ0n) is 16.7. The van der Waals surface area contributed by atoms with Crippen LogP contribution >= 0.6 is 0 Å². The molecule has 0 aliphatic carbocycles. The van der Waals surface area contributed by atoms with Crippen LogP contribution in [-0.4, -0.2) is 49.0 Å². The van der Waals surface area contributed by atoms with Crippen LogP contribution in [0, 0.1) is 0 Å². The van der Waals surface area contributed by atoms with Crippen molar-refractivity contribution in [1.29, 1.82) is 0 Å². The molecule has 0 radical (unpaired) electrons. The molecule has 1 aliphatic heterocycles. The molecule has 3 amide bonds. The van der Waals surface area contributed by atoms with Crippen molar-refractivity contribution in [3.8, 4) is 5.75 Å². The largest absolute Gasteiger partial charge is 0.471 e. The van der Waals surface area contributed by atoms with Crippen LogP contribution in [0.1, 0.15) is 52.0 Å². The number of nitrogens with zero attached hydrogens (tertiary/aromatic N) is 1. The Morgan fingerprint density at radius 2 is 1.78 bits per heavy atom. The number of piperidine rings is 1. The molecular formula is C20H31N3O4. The predicted molar refractivity (Wildman–Crippen MR) is 104 cm³/mol. The maximum Gasteiger partial charge on any atom is 0.409 e. The first-order valence-electron chi connectivity index (χ1n) is 9.64. The zero-order valence-corrected chi connectivity index (χ0v) is 16.7. The number of ether oxygens (including phenoxy) is 2. The van der Waals surface area contributed by atoms with Gasteiger partial charge in [0.2, 0.25) is 0 Å². The topological polar surface area (TPSA) is 79.9 Å². The monoisotopic (exact) mass is 377 g/mol. The molecule has 1 saturated heterocycles. The maximum atomic E-state index is 12.2. The lowest BCUT2D eigenvalue weighted by Gasteiger charge is -2.31. The standard InChI is InChI=1S/C20H31N3O4/c1-5-26-20(25)23-12-10-17(11-13-23)22-19(24)21-15(4)27-18-8-6-16(7-9-18)14(2)3/h6-9,14-15,17H,5,10-13H2,1-4H3,(H2,21,22,24). The minimum Gasteiger partial charge on any atom is -0.471 e. The van der Waals surface area contributed by atoms with Gasteiger partial charge in [-0.1, -0.05) is 26.0 Å². The summed E-state index contributed by atoms with van der Waals surface area (Å²) in [5.41, 5.74) is 1.25. The number of carbonyl (C=O) groups is 2. The molecule has 7 nitrogen and oxygen atoms in total. The maximum absolute atomic E-state index is 12.2. The highest BCUT2D eigenvalue weighted by molar-refractivity contribution is 5.74. The molecule has 0 spiro atoms. The SMILES string of the molecule is CCOC(=O)N1CCC(NC(=O)NC(C)Oc2ccc(C(C)C)cc2)CC1. The van der Waals surface area contributed by atoms with Gasteiger partial charge in [-0.05, 0) is 50.3 Å². The van der Waals surface area contributed by atoms with Crippen LogP contribution in [-0.2, 0) is 4.74 Å². The second-order valence-corrected chi connectivity index (χ2v) is 7.06. The summed E-state index contributed by atoms with van der Waals surface area (Å²) in [7, 11) is 0. The molecule has 1 aliphatic rings. The summed E-state index contributed by atoms with van der Waals surface area (Å²) in [6.45, 7) is 9.40. The molecule has 2 N–H and O–H groups in total. The van der Waals surface area contributed by atoms with E-state index >= 15 is 0 Å². The van der Waals surface area contributed by atoms with Gasteiger partial charge in [-0.3, -0.25) is 0 Å². The molecule has 0 aromatic heterocycles. The van der Waals surface area contributed by atoms with E-state index in [1.165, 1.54) is 5.56 Å². The molecule has 1 heterocycles. The summed E-state index contributed by atoms with van der Waals surface area (Å²) < 4.78 is 10.7. The minimum atomic E-state index is -0.450. The van der Waals surface area contributed by atoms with Gasteiger partial charge in [0.25, 0.3) is 0 Å². The van der Waals surface area contributed by atoms with Crippen molar-refractivity contribution in [3.63, 3.8) is 0 Å². The lowest BCUT2D eigenvalue weighted by Crippen LogP contribution is -2.51. The van der Waals surface area contributed by atoms with Crippen molar-refractivity contribution >= 4 is 12.1 Å². The van der Waals surface area contributed by atoms with Gasteiger partial charge >= 0.3 is 12.1 Å². The summed E-state index contributed by atoms with van der Waals surface area (Å²) >= 11 is 0. The first kappa shape index (κ1) is 20.9. The summed E-state index contributed by atoms with van der Waals surface area (Å²) in [6, 6.07) is 7.66. The number of amides is 3. The summed E-state index contributed by atoms with van der Waals surface area (Å²) in [5.74, 6) is 1.19. The first-order valence-corrected chi connectivity index (χ1v) is 9.64. The number of urea groups is 1. The van der Waals surface area contributed by atoms with Crippen LogP contribution in [0.15, 0.2) is 24.3 Å². The van der Waals surface area contributed by atoms with Gasteiger partial charge < -0.3 is 25.0 Å². The fourth-order valence-electron chi connectivity index (χ4n) is 3.00. The highest BCUT2D eigenvalue weighted by Gasteiger charge is 2.24. The van der Waals surface area contributed by atoms with Crippen molar-refractivity contribution in [1.82, 2.24) is 15.5 Å².